The zero-order chi connectivity index (χ0) is 14.8. The predicted molar refractivity (Wildman–Crippen MR) is 87.0 cm³/mol. The van der Waals surface area contributed by atoms with Gasteiger partial charge in [-0.3, -0.25) is 9.80 Å². The van der Waals surface area contributed by atoms with Crippen LogP contribution in [0.15, 0.2) is 42.0 Å². The highest BCUT2D eigenvalue weighted by atomic mass is 32.2. The molecule has 1 aromatic carbocycles. The number of carbonyl (C=O) groups is 1. The van der Waals surface area contributed by atoms with Gasteiger partial charge in [0.2, 0.25) is 0 Å². The fourth-order valence-electron chi connectivity index (χ4n) is 2.62. The van der Waals surface area contributed by atoms with Gasteiger partial charge < -0.3 is 10.6 Å². The van der Waals surface area contributed by atoms with E-state index < -0.39 is 0 Å². The summed E-state index contributed by atoms with van der Waals surface area (Å²) in [6, 6.07) is 7.55. The van der Waals surface area contributed by atoms with Crippen molar-refractivity contribution >= 4 is 28.5 Å². The number of hydrogen-bond acceptors (Lipinski definition) is 5. The van der Waals surface area contributed by atoms with E-state index in [2.05, 4.69) is 29.2 Å². The number of fused-ring (bicyclic) bond motifs is 3. The summed E-state index contributed by atoms with van der Waals surface area (Å²) < 4.78 is 0. The van der Waals surface area contributed by atoms with Crippen molar-refractivity contribution in [3.05, 3.63) is 42.5 Å². The number of nitrogens with one attached hydrogen (secondary N) is 2. The van der Waals surface area contributed by atoms with E-state index in [4.69, 9.17) is 0 Å². The first-order valence-electron chi connectivity index (χ1n) is 7.01. The first kappa shape index (κ1) is 14.0. The Kier molecular flexibility index (Phi) is 3.88. The summed E-state index contributed by atoms with van der Waals surface area (Å²) in [5, 5.41) is 13.5. The van der Waals surface area contributed by atoms with Crippen molar-refractivity contribution in [3.63, 3.8) is 0 Å². The molecular weight excluding hydrogens is 284 g/mol. The number of amides is 1. The highest BCUT2D eigenvalue weighted by molar-refractivity contribution is 8.14. The lowest BCUT2D eigenvalue weighted by molar-refractivity contribution is -0.127. The summed E-state index contributed by atoms with van der Waals surface area (Å²) in [4.78, 5) is 12.5. The van der Waals surface area contributed by atoms with Gasteiger partial charge >= 0.3 is 0 Å². The Morgan fingerprint density at radius 3 is 3.05 bits per heavy atom. The van der Waals surface area contributed by atoms with Crippen LogP contribution in [-0.2, 0) is 4.79 Å². The molecule has 0 fully saturated rings. The lowest BCUT2D eigenvalue weighted by Gasteiger charge is -2.43. The highest BCUT2D eigenvalue weighted by Gasteiger charge is 2.40. The molecule has 2 atom stereocenters. The smallest absolute Gasteiger partial charge is 0.255 e. The standard InChI is InChI=1S/C15H18N4OS/c1-3-9-21-15-17-14(20)13-10-7-5-6-8-11(10)16-12(4-2)19(13)18-15/h3,5-8,12-13,16H,1,4,9H2,2H3,(H,17,18,20)/t12-,13+/m1/s1. The van der Waals surface area contributed by atoms with Gasteiger partial charge in [-0.25, -0.2) is 0 Å². The Morgan fingerprint density at radius 1 is 1.48 bits per heavy atom. The van der Waals surface area contributed by atoms with Crippen molar-refractivity contribution in [2.45, 2.75) is 25.6 Å². The molecular formula is C15H18N4OS. The second-order valence-corrected chi connectivity index (χ2v) is 5.94. The fraction of sp³-hybridized carbons (Fsp3) is 0.333. The van der Waals surface area contributed by atoms with Gasteiger partial charge in [0.05, 0.1) is 0 Å². The number of thioether (sulfide) groups is 1. The summed E-state index contributed by atoms with van der Waals surface area (Å²) in [6.45, 7) is 5.78. The number of carbonyl (C=O) groups excluding carboxylic acids is 1. The first-order chi connectivity index (χ1) is 10.2. The third-order valence-corrected chi connectivity index (χ3v) is 4.43. The second-order valence-electron chi connectivity index (χ2n) is 4.93. The van der Waals surface area contributed by atoms with Crippen molar-refractivity contribution in [1.29, 1.82) is 0 Å². The van der Waals surface area contributed by atoms with Crippen LogP contribution in [-0.4, -0.2) is 28.0 Å². The topological polar surface area (TPSA) is 56.7 Å². The van der Waals surface area contributed by atoms with E-state index in [0.29, 0.717) is 5.17 Å². The van der Waals surface area contributed by atoms with E-state index >= 15 is 0 Å². The summed E-state index contributed by atoms with van der Waals surface area (Å²) in [6.07, 6.45) is 2.68. The Hall–Kier alpha value is -1.95. The number of para-hydroxylation sites is 1. The van der Waals surface area contributed by atoms with Gasteiger partial charge in [0.1, 0.15) is 6.17 Å². The van der Waals surface area contributed by atoms with E-state index in [1.807, 2.05) is 29.3 Å². The molecule has 0 spiro atoms. The zero-order valence-electron chi connectivity index (χ0n) is 11.9. The molecule has 6 heteroatoms. The van der Waals surface area contributed by atoms with Crippen LogP contribution in [0.4, 0.5) is 5.69 Å². The molecule has 5 nitrogen and oxygen atoms in total. The van der Waals surface area contributed by atoms with Crippen molar-refractivity contribution in [3.8, 4) is 0 Å². The molecule has 0 unspecified atom stereocenters. The second kappa shape index (κ2) is 5.81. The molecule has 2 heterocycles. The Labute approximate surface area is 128 Å². The van der Waals surface area contributed by atoms with Gasteiger partial charge in [0, 0.05) is 17.0 Å². The third-order valence-electron chi connectivity index (χ3n) is 3.57. The summed E-state index contributed by atoms with van der Waals surface area (Å²) in [5.41, 5.74) is 1.98. The molecule has 0 saturated carbocycles. The molecule has 1 aromatic rings. The highest BCUT2D eigenvalue weighted by Crippen LogP contribution is 2.37. The number of hydrogen-bond donors (Lipinski definition) is 2. The number of rotatable bonds is 3. The van der Waals surface area contributed by atoms with E-state index in [1.54, 1.807) is 6.08 Å². The Morgan fingerprint density at radius 2 is 2.29 bits per heavy atom. The van der Waals surface area contributed by atoms with Crippen molar-refractivity contribution < 1.29 is 4.79 Å². The van der Waals surface area contributed by atoms with Crippen LogP contribution >= 0.6 is 11.8 Å². The molecule has 0 saturated heterocycles. The zero-order valence-corrected chi connectivity index (χ0v) is 12.7. The molecule has 0 aromatic heterocycles. The molecule has 1 amide bonds. The number of amidine groups is 1. The van der Waals surface area contributed by atoms with Crippen LogP contribution in [0.5, 0.6) is 0 Å². The average molecular weight is 302 g/mol. The van der Waals surface area contributed by atoms with Gasteiger partial charge in [0.15, 0.2) is 11.2 Å². The van der Waals surface area contributed by atoms with E-state index in [0.717, 1.165) is 23.4 Å². The van der Waals surface area contributed by atoms with Crippen LogP contribution < -0.4 is 10.6 Å². The normalized spacial score (nSPS) is 23.4. The van der Waals surface area contributed by atoms with Crippen LogP contribution in [0.3, 0.4) is 0 Å². The van der Waals surface area contributed by atoms with Crippen LogP contribution in [0.1, 0.15) is 24.9 Å². The lowest BCUT2D eigenvalue weighted by Crippen LogP contribution is -2.54. The van der Waals surface area contributed by atoms with Crippen LogP contribution in [0.25, 0.3) is 0 Å². The quantitative estimate of drug-likeness (QED) is 0.842. The maximum absolute atomic E-state index is 12.5. The SMILES string of the molecule is C=CCSC1=NN2[C@H](CC)Nc3ccccc3[C@H]2C(=O)N1. The Balaban J connectivity index is 1.99. The van der Waals surface area contributed by atoms with E-state index in [9.17, 15) is 4.79 Å². The molecule has 2 aliphatic heterocycles. The van der Waals surface area contributed by atoms with Crippen LogP contribution in [0, 0.1) is 0 Å². The molecule has 0 radical (unpaired) electrons. The van der Waals surface area contributed by atoms with Crippen LogP contribution in [0.2, 0.25) is 0 Å². The predicted octanol–water partition coefficient (Wildman–Crippen LogP) is 2.51. The van der Waals surface area contributed by atoms with Gasteiger partial charge in [-0.15, -0.1) is 11.7 Å². The molecule has 21 heavy (non-hydrogen) atoms. The maximum Gasteiger partial charge on any atom is 0.255 e. The number of benzene rings is 1. The minimum atomic E-state index is -0.361. The van der Waals surface area contributed by atoms with Crippen molar-refractivity contribution in [2.75, 3.05) is 11.1 Å². The monoisotopic (exact) mass is 302 g/mol. The van der Waals surface area contributed by atoms with E-state index in [-0.39, 0.29) is 18.1 Å². The summed E-state index contributed by atoms with van der Waals surface area (Å²) in [7, 11) is 0. The fourth-order valence-corrected chi connectivity index (χ4v) is 3.22. The van der Waals surface area contributed by atoms with Crippen molar-refractivity contribution in [2.24, 2.45) is 5.10 Å². The summed E-state index contributed by atoms with van der Waals surface area (Å²) in [5.74, 6) is 0.697. The van der Waals surface area contributed by atoms with Gasteiger partial charge in [0.25, 0.3) is 5.91 Å². The molecule has 0 aliphatic carbocycles. The van der Waals surface area contributed by atoms with E-state index in [1.165, 1.54) is 11.8 Å². The number of anilines is 1. The first-order valence-corrected chi connectivity index (χ1v) is 8.00. The molecule has 2 N–H and O–H groups in total. The summed E-state index contributed by atoms with van der Waals surface area (Å²) >= 11 is 1.48. The number of hydrazone groups is 1. The minimum absolute atomic E-state index is 0.0234. The van der Waals surface area contributed by atoms with Crippen molar-refractivity contribution in [1.82, 2.24) is 10.3 Å². The van der Waals surface area contributed by atoms with Gasteiger partial charge in [-0.1, -0.05) is 43.0 Å². The Bertz CT molecular complexity index is 601. The van der Waals surface area contributed by atoms with Gasteiger partial charge in [-0.05, 0) is 12.5 Å². The molecule has 110 valence electrons. The van der Waals surface area contributed by atoms with Gasteiger partial charge in [-0.2, -0.15) is 0 Å². The molecule has 2 aliphatic rings. The average Bonchev–Trinajstić information content (AvgIpc) is 2.51. The largest absolute Gasteiger partial charge is 0.364 e. The molecule has 0 bridgehead atoms. The minimum Gasteiger partial charge on any atom is -0.364 e. The molecule has 3 rings (SSSR count). The lowest BCUT2D eigenvalue weighted by atomic mass is 9.99. The third kappa shape index (κ3) is 2.51. The maximum atomic E-state index is 12.5. The number of nitrogens with zero attached hydrogens (tertiary/aromatic N) is 2.